The Hall–Kier alpha value is -0.570. The number of carbonyl (C=O) groups excluding carboxylic acids is 1. The molecule has 1 aliphatic rings. The van der Waals surface area contributed by atoms with Crippen molar-refractivity contribution < 1.29 is 4.79 Å². The number of nitrogens with two attached hydrogens (primary N) is 1. The summed E-state index contributed by atoms with van der Waals surface area (Å²) in [6.45, 7) is 4.33. The van der Waals surface area contributed by atoms with Crippen molar-refractivity contribution in [1.29, 1.82) is 0 Å². The monoisotopic (exact) mass is 226 g/mol. The van der Waals surface area contributed by atoms with Gasteiger partial charge in [0.15, 0.2) is 0 Å². The van der Waals surface area contributed by atoms with Gasteiger partial charge in [-0.3, -0.25) is 4.79 Å². The fraction of sp³-hybridized carbons (Fsp3) is 0.923. The predicted molar refractivity (Wildman–Crippen MR) is 67.1 cm³/mol. The second kappa shape index (κ2) is 6.89. The SMILES string of the molecule is CCCC(N)CC(=O)NC1CCCCC1C. The highest BCUT2D eigenvalue weighted by molar-refractivity contribution is 5.76. The molecule has 0 aromatic carbocycles. The van der Waals surface area contributed by atoms with E-state index in [1.54, 1.807) is 0 Å². The van der Waals surface area contributed by atoms with Gasteiger partial charge in [-0.25, -0.2) is 0 Å². The number of rotatable bonds is 5. The van der Waals surface area contributed by atoms with Gasteiger partial charge in [0, 0.05) is 18.5 Å². The summed E-state index contributed by atoms with van der Waals surface area (Å²) < 4.78 is 0. The first kappa shape index (κ1) is 13.5. The average Bonchev–Trinajstić information content (AvgIpc) is 2.21. The van der Waals surface area contributed by atoms with Gasteiger partial charge in [-0.2, -0.15) is 0 Å². The quantitative estimate of drug-likeness (QED) is 0.755. The van der Waals surface area contributed by atoms with Crippen LogP contribution >= 0.6 is 0 Å². The minimum absolute atomic E-state index is 0.0314. The summed E-state index contributed by atoms with van der Waals surface area (Å²) in [7, 11) is 0. The van der Waals surface area contributed by atoms with Crippen LogP contribution in [0.5, 0.6) is 0 Å². The Balaban J connectivity index is 2.27. The van der Waals surface area contributed by atoms with Gasteiger partial charge in [-0.1, -0.05) is 33.1 Å². The summed E-state index contributed by atoms with van der Waals surface area (Å²) in [6.07, 6.45) is 7.40. The first-order valence-corrected chi connectivity index (χ1v) is 6.68. The molecule has 0 aromatic rings. The van der Waals surface area contributed by atoms with E-state index >= 15 is 0 Å². The molecule has 0 spiro atoms. The fourth-order valence-corrected chi connectivity index (χ4v) is 2.51. The third-order valence-electron chi connectivity index (χ3n) is 3.56. The molecule has 3 unspecified atom stereocenters. The zero-order valence-electron chi connectivity index (χ0n) is 10.7. The molecule has 94 valence electrons. The zero-order chi connectivity index (χ0) is 12.0. The fourth-order valence-electron chi connectivity index (χ4n) is 2.51. The highest BCUT2D eigenvalue weighted by Gasteiger charge is 2.23. The summed E-state index contributed by atoms with van der Waals surface area (Å²) in [5, 5.41) is 3.14. The highest BCUT2D eigenvalue weighted by Crippen LogP contribution is 2.23. The molecule has 0 aromatic heterocycles. The first-order valence-electron chi connectivity index (χ1n) is 6.68. The lowest BCUT2D eigenvalue weighted by Crippen LogP contribution is -2.43. The first-order chi connectivity index (χ1) is 7.63. The maximum Gasteiger partial charge on any atom is 0.221 e. The topological polar surface area (TPSA) is 55.1 Å². The molecule has 1 saturated carbocycles. The molecular weight excluding hydrogens is 200 g/mol. The molecule has 3 atom stereocenters. The summed E-state index contributed by atoms with van der Waals surface area (Å²) in [5.74, 6) is 0.764. The van der Waals surface area contributed by atoms with Crippen molar-refractivity contribution >= 4 is 5.91 Å². The summed E-state index contributed by atoms with van der Waals surface area (Å²) in [5.41, 5.74) is 5.86. The van der Waals surface area contributed by atoms with Crippen LogP contribution in [-0.4, -0.2) is 18.0 Å². The van der Waals surface area contributed by atoms with Crippen molar-refractivity contribution in [1.82, 2.24) is 5.32 Å². The van der Waals surface area contributed by atoms with Crippen LogP contribution in [0.25, 0.3) is 0 Å². The van der Waals surface area contributed by atoms with Gasteiger partial charge in [0.2, 0.25) is 5.91 Å². The minimum atomic E-state index is 0.0314. The van der Waals surface area contributed by atoms with Gasteiger partial charge < -0.3 is 11.1 Å². The van der Waals surface area contributed by atoms with Crippen molar-refractivity contribution in [3.8, 4) is 0 Å². The largest absolute Gasteiger partial charge is 0.353 e. The van der Waals surface area contributed by atoms with Crippen LogP contribution in [0.4, 0.5) is 0 Å². The van der Waals surface area contributed by atoms with E-state index in [1.807, 2.05) is 0 Å². The number of nitrogens with one attached hydrogen (secondary N) is 1. The molecule has 0 heterocycles. The van der Waals surface area contributed by atoms with E-state index in [0.29, 0.717) is 18.4 Å². The lowest BCUT2D eigenvalue weighted by Gasteiger charge is -2.29. The number of carbonyl (C=O) groups is 1. The Labute approximate surface area is 99.2 Å². The van der Waals surface area contributed by atoms with Gasteiger partial charge in [0.05, 0.1) is 0 Å². The van der Waals surface area contributed by atoms with E-state index in [0.717, 1.165) is 19.3 Å². The molecule has 3 heteroatoms. The Morgan fingerprint density at radius 1 is 1.44 bits per heavy atom. The standard InChI is InChI=1S/C13H26N2O/c1-3-6-11(14)9-13(16)15-12-8-5-4-7-10(12)2/h10-12H,3-9,14H2,1-2H3,(H,15,16). The molecule has 0 saturated heterocycles. The van der Waals surface area contributed by atoms with Crippen molar-refractivity contribution in [3.63, 3.8) is 0 Å². The lowest BCUT2D eigenvalue weighted by atomic mass is 9.86. The lowest BCUT2D eigenvalue weighted by molar-refractivity contribution is -0.122. The number of hydrogen-bond donors (Lipinski definition) is 2. The molecule has 0 aliphatic heterocycles. The third-order valence-corrected chi connectivity index (χ3v) is 3.56. The van der Waals surface area contributed by atoms with Gasteiger partial charge in [-0.05, 0) is 25.2 Å². The second-order valence-electron chi connectivity index (χ2n) is 5.19. The van der Waals surface area contributed by atoms with E-state index in [-0.39, 0.29) is 11.9 Å². The van der Waals surface area contributed by atoms with Gasteiger partial charge in [0.25, 0.3) is 0 Å². The molecule has 16 heavy (non-hydrogen) atoms. The maximum absolute atomic E-state index is 11.8. The second-order valence-corrected chi connectivity index (χ2v) is 5.19. The summed E-state index contributed by atoms with van der Waals surface area (Å²) >= 11 is 0. The van der Waals surface area contributed by atoms with Crippen molar-refractivity contribution in [2.45, 2.75) is 70.9 Å². The Kier molecular flexibility index (Phi) is 5.81. The van der Waals surface area contributed by atoms with Crippen LogP contribution in [0.2, 0.25) is 0 Å². The minimum Gasteiger partial charge on any atom is -0.353 e. The molecule has 3 nitrogen and oxygen atoms in total. The molecule has 0 radical (unpaired) electrons. The molecule has 3 N–H and O–H groups in total. The number of hydrogen-bond acceptors (Lipinski definition) is 2. The third kappa shape index (κ3) is 4.52. The molecule has 0 bridgehead atoms. The number of amides is 1. The van der Waals surface area contributed by atoms with Gasteiger partial charge >= 0.3 is 0 Å². The van der Waals surface area contributed by atoms with Crippen molar-refractivity contribution in [2.75, 3.05) is 0 Å². The van der Waals surface area contributed by atoms with E-state index < -0.39 is 0 Å². The van der Waals surface area contributed by atoms with Crippen LogP contribution in [-0.2, 0) is 4.79 Å². The van der Waals surface area contributed by atoms with Crippen LogP contribution in [0.1, 0.15) is 58.8 Å². The van der Waals surface area contributed by atoms with E-state index in [4.69, 9.17) is 5.73 Å². The van der Waals surface area contributed by atoms with Crippen LogP contribution in [0.15, 0.2) is 0 Å². The van der Waals surface area contributed by atoms with E-state index in [1.165, 1.54) is 19.3 Å². The zero-order valence-corrected chi connectivity index (χ0v) is 10.7. The predicted octanol–water partition coefficient (Wildman–Crippen LogP) is 2.20. The van der Waals surface area contributed by atoms with Gasteiger partial charge in [-0.15, -0.1) is 0 Å². The summed E-state index contributed by atoms with van der Waals surface area (Å²) in [6, 6.07) is 0.416. The van der Waals surface area contributed by atoms with Crippen molar-refractivity contribution in [2.24, 2.45) is 11.7 Å². The van der Waals surface area contributed by atoms with Crippen LogP contribution in [0.3, 0.4) is 0 Å². The van der Waals surface area contributed by atoms with Gasteiger partial charge in [0.1, 0.15) is 0 Å². The highest BCUT2D eigenvalue weighted by atomic mass is 16.1. The Bertz CT molecular complexity index is 218. The average molecular weight is 226 g/mol. The van der Waals surface area contributed by atoms with Crippen LogP contribution < -0.4 is 11.1 Å². The normalized spacial score (nSPS) is 27.4. The van der Waals surface area contributed by atoms with Crippen molar-refractivity contribution in [3.05, 3.63) is 0 Å². The summed E-state index contributed by atoms with van der Waals surface area (Å²) in [4.78, 5) is 11.8. The van der Waals surface area contributed by atoms with E-state index in [2.05, 4.69) is 19.2 Å². The smallest absolute Gasteiger partial charge is 0.221 e. The Morgan fingerprint density at radius 3 is 2.75 bits per heavy atom. The molecule has 1 fully saturated rings. The molecular formula is C13H26N2O. The molecule has 1 aliphatic carbocycles. The maximum atomic E-state index is 11.8. The molecule has 1 amide bonds. The Morgan fingerprint density at radius 2 is 2.12 bits per heavy atom. The van der Waals surface area contributed by atoms with Crippen LogP contribution in [0, 0.1) is 5.92 Å². The molecule has 1 rings (SSSR count). The van der Waals surface area contributed by atoms with E-state index in [9.17, 15) is 4.79 Å².